The zero-order valence-electron chi connectivity index (χ0n) is 13.4. The van der Waals surface area contributed by atoms with E-state index in [0.29, 0.717) is 18.9 Å². The molecule has 0 aliphatic heterocycles. The minimum absolute atomic E-state index is 0.286. The molecule has 2 aromatic carbocycles. The number of fused-ring (bicyclic) bond motifs is 1. The lowest BCUT2D eigenvalue weighted by molar-refractivity contribution is -0.146. The van der Waals surface area contributed by atoms with E-state index in [1.165, 1.54) is 16.3 Å². The van der Waals surface area contributed by atoms with Gasteiger partial charge < -0.3 is 10.5 Å². The predicted octanol–water partition coefficient (Wildman–Crippen LogP) is 3.69. The van der Waals surface area contributed by atoms with E-state index >= 15 is 0 Å². The normalized spacial score (nSPS) is 12.5. The molecule has 0 fully saturated rings. The average Bonchev–Trinajstić information content (AvgIpc) is 2.52. The zero-order chi connectivity index (χ0) is 15.9. The molecule has 0 aliphatic rings. The van der Waals surface area contributed by atoms with Crippen LogP contribution in [0, 0.1) is 5.92 Å². The number of rotatable bonds is 7. The highest BCUT2D eigenvalue weighted by atomic mass is 16.5. The lowest BCUT2D eigenvalue weighted by Gasteiger charge is -2.13. The summed E-state index contributed by atoms with van der Waals surface area (Å²) in [4.78, 5) is 11.8. The van der Waals surface area contributed by atoms with Gasteiger partial charge in [-0.05, 0) is 41.5 Å². The Kier molecular flexibility index (Phi) is 5.96. The SMILES string of the molecule is CC(C)COC(=O)C(N)CCCc1cccc2ccccc12. The maximum Gasteiger partial charge on any atom is 0.322 e. The molecule has 0 heterocycles. The van der Waals surface area contributed by atoms with Crippen molar-refractivity contribution < 1.29 is 9.53 Å². The topological polar surface area (TPSA) is 52.3 Å². The predicted molar refractivity (Wildman–Crippen MR) is 90.7 cm³/mol. The molecule has 0 amide bonds. The highest BCUT2D eigenvalue weighted by Gasteiger charge is 2.15. The highest BCUT2D eigenvalue weighted by molar-refractivity contribution is 5.85. The first kappa shape index (κ1) is 16.5. The van der Waals surface area contributed by atoms with Gasteiger partial charge in [0, 0.05) is 0 Å². The van der Waals surface area contributed by atoms with Gasteiger partial charge in [-0.1, -0.05) is 56.3 Å². The Morgan fingerprint density at radius 3 is 2.64 bits per heavy atom. The first-order valence-corrected chi connectivity index (χ1v) is 7.97. The molecule has 0 spiro atoms. The molecule has 0 aromatic heterocycles. The summed E-state index contributed by atoms with van der Waals surface area (Å²) in [5.74, 6) is 0.0541. The van der Waals surface area contributed by atoms with Gasteiger partial charge in [0.15, 0.2) is 0 Å². The van der Waals surface area contributed by atoms with E-state index in [0.717, 1.165) is 12.8 Å². The molecule has 0 aliphatic carbocycles. The maximum atomic E-state index is 11.8. The third kappa shape index (κ3) is 4.57. The summed E-state index contributed by atoms with van der Waals surface area (Å²) in [6.45, 7) is 4.47. The van der Waals surface area contributed by atoms with Gasteiger partial charge in [-0.2, -0.15) is 0 Å². The number of aryl methyl sites for hydroxylation is 1. The van der Waals surface area contributed by atoms with Crippen LogP contribution in [-0.2, 0) is 16.0 Å². The van der Waals surface area contributed by atoms with Gasteiger partial charge in [-0.25, -0.2) is 0 Å². The molecule has 0 radical (unpaired) electrons. The number of benzene rings is 2. The number of hydrogen-bond acceptors (Lipinski definition) is 3. The summed E-state index contributed by atoms with van der Waals surface area (Å²) in [6, 6.07) is 14.2. The van der Waals surface area contributed by atoms with Crippen LogP contribution in [0.3, 0.4) is 0 Å². The van der Waals surface area contributed by atoms with E-state index in [1.807, 2.05) is 19.9 Å². The van der Waals surface area contributed by atoms with Crippen LogP contribution in [0.25, 0.3) is 10.8 Å². The van der Waals surface area contributed by atoms with Gasteiger partial charge in [0.05, 0.1) is 6.61 Å². The van der Waals surface area contributed by atoms with Crippen molar-refractivity contribution in [2.75, 3.05) is 6.61 Å². The van der Waals surface area contributed by atoms with E-state index in [9.17, 15) is 4.79 Å². The first-order chi connectivity index (χ1) is 10.6. The lowest BCUT2D eigenvalue weighted by atomic mass is 9.99. The van der Waals surface area contributed by atoms with Crippen molar-refractivity contribution in [1.29, 1.82) is 0 Å². The molecule has 0 bridgehead atoms. The Morgan fingerprint density at radius 1 is 1.14 bits per heavy atom. The Balaban J connectivity index is 1.86. The van der Waals surface area contributed by atoms with E-state index in [2.05, 4.69) is 36.4 Å². The quantitative estimate of drug-likeness (QED) is 0.793. The number of carbonyl (C=O) groups is 1. The fraction of sp³-hybridized carbons (Fsp3) is 0.421. The van der Waals surface area contributed by atoms with Gasteiger partial charge in [0.2, 0.25) is 0 Å². The van der Waals surface area contributed by atoms with Crippen molar-refractivity contribution in [1.82, 2.24) is 0 Å². The Labute approximate surface area is 132 Å². The summed E-state index contributed by atoms with van der Waals surface area (Å²) in [7, 11) is 0. The van der Waals surface area contributed by atoms with E-state index in [1.54, 1.807) is 0 Å². The molecule has 2 N–H and O–H groups in total. The average molecular weight is 299 g/mol. The fourth-order valence-corrected chi connectivity index (χ4v) is 2.50. The maximum absolute atomic E-state index is 11.8. The summed E-state index contributed by atoms with van der Waals surface area (Å²) in [5.41, 5.74) is 7.21. The first-order valence-electron chi connectivity index (χ1n) is 7.97. The highest BCUT2D eigenvalue weighted by Crippen LogP contribution is 2.20. The molecule has 0 saturated carbocycles. The fourth-order valence-electron chi connectivity index (χ4n) is 2.50. The molecule has 22 heavy (non-hydrogen) atoms. The number of esters is 1. The standard InChI is InChI=1S/C19H25NO2/c1-14(2)13-22-19(21)18(20)12-6-10-16-9-5-8-15-7-3-4-11-17(15)16/h3-5,7-9,11,14,18H,6,10,12-13,20H2,1-2H3. The molecule has 2 aromatic rings. The van der Waals surface area contributed by atoms with E-state index in [-0.39, 0.29) is 5.97 Å². The van der Waals surface area contributed by atoms with Gasteiger partial charge in [0.1, 0.15) is 6.04 Å². The van der Waals surface area contributed by atoms with Crippen molar-refractivity contribution >= 4 is 16.7 Å². The number of carbonyl (C=O) groups excluding carboxylic acids is 1. The molecule has 3 heteroatoms. The van der Waals surface area contributed by atoms with Crippen molar-refractivity contribution in [3.8, 4) is 0 Å². The number of nitrogens with two attached hydrogens (primary N) is 1. The minimum Gasteiger partial charge on any atom is -0.464 e. The van der Waals surface area contributed by atoms with Crippen LogP contribution < -0.4 is 5.73 Å². The third-order valence-corrected chi connectivity index (χ3v) is 3.70. The molecule has 3 nitrogen and oxygen atoms in total. The van der Waals surface area contributed by atoms with Crippen molar-refractivity contribution in [2.24, 2.45) is 11.7 Å². The molecule has 0 saturated heterocycles. The second-order valence-electron chi connectivity index (χ2n) is 6.16. The molecular weight excluding hydrogens is 274 g/mol. The van der Waals surface area contributed by atoms with Crippen LogP contribution in [0.1, 0.15) is 32.3 Å². The van der Waals surface area contributed by atoms with Crippen LogP contribution >= 0.6 is 0 Å². The lowest BCUT2D eigenvalue weighted by Crippen LogP contribution is -2.33. The molecule has 1 unspecified atom stereocenters. The summed E-state index contributed by atoms with van der Waals surface area (Å²) < 4.78 is 5.17. The Morgan fingerprint density at radius 2 is 1.86 bits per heavy atom. The third-order valence-electron chi connectivity index (χ3n) is 3.70. The summed E-state index contributed by atoms with van der Waals surface area (Å²) in [6.07, 6.45) is 2.46. The second-order valence-corrected chi connectivity index (χ2v) is 6.16. The summed E-state index contributed by atoms with van der Waals surface area (Å²) in [5, 5.41) is 2.53. The zero-order valence-corrected chi connectivity index (χ0v) is 13.4. The van der Waals surface area contributed by atoms with Crippen molar-refractivity contribution in [2.45, 2.75) is 39.2 Å². The van der Waals surface area contributed by atoms with Crippen molar-refractivity contribution in [3.63, 3.8) is 0 Å². The van der Waals surface area contributed by atoms with Crippen LogP contribution in [0.4, 0.5) is 0 Å². The monoisotopic (exact) mass is 299 g/mol. The van der Waals surface area contributed by atoms with Crippen LogP contribution in [0.5, 0.6) is 0 Å². The molecular formula is C19H25NO2. The largest absolute Gasteiger partial charge is 0.464 e. The smallest absolute Gasteiger partial charge is 0.322 e. The Hall–Kier alpha value is -1.87. The van der Waals surface area contributed by atoms with Gasteiger partial charge in [0.25, 0.3) is 0 Å². The van der Waals surface area contributed by atoms with Crippen LogP contribution in [-0.4, -0.2) is 18.6 Å². The van der Waals surface area contributed by atoms with Gasteiger partial charge >= 0.3 is 5.97 Å². The van der Waals surface area contributed by atoms with E-state index in [4.69, 9.17) is 10.5 Å². The van der Waals surface area contributed by atoms with E-state index < -0.39 is 6.04 Å². The van der Waals surface area contributed by atoms with Crippen molar-refractivity contribution in [3.05, 3.63) is 48.0 Å². The Bertz CT molecular complexity index is 616. The van der Waals surface area contributed by atoms with Gasteiger partial charge in [-0.3, -0.25) is 4.79 Å². The second kappa shape index (κ2) is 7.95. The van der Waals surface area contributed by atoms with Crippen LogP contribution in [0.2, 0.25) is 0 Å². The summed E-state index contributed by atoms with van der Waals surface area (Å²) >= 11 is 0. The van der Waals surface area contributed by atoms with Crippen LogP contribution in [0.15, 0.2) is 42.5 Å². The molecule has 118 valence electrons. The van der Waals surface area contributed by atoms with Gasteiger partial charge in [-0.15, -0.1) is 0 Å². The number of ether oxygens (including phenoxy) is 1. The number of hydrogen-bond donors (Lipinski definition) is 1. The molecule has 1 atom stereocenters. The molecule has 2 rings (SSSR count). The minimum atomic E-state index is -0.520.